The summed E-state index contributed by atoms with van der Waals surface area (Å²) in [5.41, 5.74) is 30.4. The summed E-state index contributed by atoms with van der Waals surface area (Å²) in [4.78, 5) is 0. The van der Waals surface area contributed by atoms with Gasteiger partial charge in [0.2, 0.25) is 0 Å². The number of aliphatic hydroxyl groups is 7. The predicted octanol–water partition coefficient (Wildman–Crippen LogP) is -7.43. The quantitative estimate of drug-likeness (QED) is 0.0927. The second-order valence-corrected chi connectivity index (χ2v) is 12.0. The smallest absolute Gasteiger partial charge is 0.187 e. The number of rotatable bonds is 12. The highest BCUT2D eigenvalue weighted by Gasteiger charge is 2.54. The van der Waals surface area contributed by atoms with Crippen LogP contribution in [0.2, 0.25) is 0 Å². The molecule has 3 heterocycles. The average Bonchev–Trinajstić information content (AvgIpc) is 3.32. The third-order valence-electron chi connectivity index (χ3n) is 8.81. The molecule has 0 aromatic rings. The van der Waals surface area contributed by atoms with Crippen LogP contribution in [0.5, 0.6) is 0 Å². The fourth-order valence-corrected chi connectivity index (χ4v) is 6.14. The standard InChI is InChI=1S/C26H51N5O14/c1-2-3-39-21-11(6-32)41-25(14(31)18(21)37)43-20-9(29)4-8(28)15(34)23(20)45-26-19(38)22(12(7-33)42-26)44-24-13(30)17(36)16(35)10(5-27)40-24/h8-26,32-38H,2-7,27-31H2,1H3/t8-,9+,10+,11-,12-,13-,14-,15+,16-,17-,18-,19-,20-,21-,22-,23-,24-,25-,26+/m1/s1. The van der Waals surface area contributed by atoms with Gasteiger partial charge in [-0.15, -0.1) is 0 Å². The number of aliphatic hydroxyl groups excluding tert-OH is 7. The van der Waals surface area contributed by atoms with Crippen molar-refractivity contribution in [2.45, 2.75) is 136 Å². The lowest BCUT2D eigenvalue weighted by Crippen LogP contribution is -2.68. The summed E-state index contributed by atoms with van der Waals surface area (Å²) in [5, 5.41) is 73.5. The van der Waals surface area contributed by atoms with E-state index in [9.17, 15) is 35.7 Å². The number of hydrogen-bond donors (Lipinski definition) is 12. The first-order chi connectivity index (χ1) is 21.4. The summed E-state index contributed by atoms with van der Waals surface area (Å²) < 4.78 is 40.7. The van der Waals surface area contributed by atoms with Crippen molar-refractivity contribution < 1.29 is 68.9 Å². The van der Waals surface area contributed by atoms with Crippen LogP contribution in [0.1, 0.15) is 19.8 Å². The van der Waals surface area contributed by atoms with Gasteiger partial charge in [-0.25, -0.2) is 0 Å². The molecule has 4 rings (SSSR count). The molecule has 19 heteroatoms. The van der Waals surface area contributed by atoms with Crippen molar-refractivity contribution in [3.63, 3.8) is 0 Å². The Morgan fingerprint density at radius 1 is 0.600 bits per heavy atom. The van der Waals surface area contributed by atoms with Gasteiger partial charge in [0.25, 0.3) is 0 Å². The second-order valence-electron chi connectivity index (χ2n) is 12.0. The fourth-order valence-electron chi connectivity index (χ4n) is 6.14. The van der Waals surface area contributed by atoms with E-state index in [0.717, 1.165) is 0 Å². The van der Waals surface area contributed by atoms with Crippen LogP contribution < -0.4 is 28.7 Å². The minimum Gasteiger partial charge on any atom is -0.394 e. The van der Waals surface area contributed by atoms with E-state index in [1.165, 1.54) is 0 Å². The third-order valence-corrected chi connectivity index (χ3v) is 8.81. The molecule has 0 aromatic heterocycles. The van der Waals surface area contributed by atoms with Crippen LogP contribution in [0, 0.1) is 0 Å². The lowest BCUT2D eigenvalue weighted by molar-refractivity contribution is -0.314. The maximum Gasteiger partial charge on any atom is 0.187 e. The molecule has 264 valence electrons. The van der Waals surface area contributed by atoms with Gasteiger partial charge in [-0.2, -0.15) is 0 Å². The van der Waals surface area contributed by atoms with Crippen molar-refractivity contribution in [3.05, 3.63) is 0 Å². The lowest BCUT2D eigenvalue weighted by atomic mass is 9.84. The maximum atomic E-state index is 11.2. The molecule has 3 saturated heterocycles. The zero-order valence-corrected chi connectivity index (χ0v) is 25.1. The molecule has 0 unspecified atom stereocenters. The Balaban J connectivity index is 1.49. The number of nitrogens with two attached hydrogens (primary N) is 5. The maximum absolute atomic E-state index is 11.2. The minimum atomic E-state index is -1.61. The van der Waals surface area contributed by atoms with Gasteiger partial charge in [0.05, 0.1) is 31.4 Å². The Kier molecular flexibility index (Phi) is 13.3. The van der Waals surface area contributed by atoms with E-state index in [4.69, 9.17) is 61.8 Å². The molecular weight excluding hydrogens is 606 g/mol. The molecule has 0 radical (unpaired) electrons. The van der Waals surface area contributed by atoms with Crippen LogP contribution in [-0.2, 0) is 33.2 Å². The Hall–Kier alpha value is -0.760. The molecule has 4 fully saturated rings. The molecular formula is C26H51N5O14. The lowest BCUT2D eigenvalue weighted by Gasteiger charge is -2.47. The highest BCUT2D eigenvalue weighted by Crippen LogP contribution is 2.34. The van der Waals surface area contributed by atoms with Gasteiger partial charge in [0.15, 0.2) is 18.9 Å². The van der Waals surface area contributed by atoms with Gasteiger partial charge in [-0.3, -0.25) is 0 Å². The highest BCUT2D eigenvalue weighted by atomic mass is 16.8. The van der Waals surface area contributed by atoms with Crippen LogP contribution in [0.15, 0.2) is 0 Å². The van der Waals surface area contributed by atoms with Gasteiger partial charge in [-0.1, -0.05) is 6.92 Å². The van der Waals surface area contributed by atoms with Crippen LogP contribution in [0.3, 0.4) is 0 Å². The van der Waals surface area contributed by atoms with E-state index in [0.29, 0.717) is 13.0 Å². The average molecular weight is 658 g/mol. The van der Waals surface area contributed by atoms with Crippen molar-refractivity contribution in [2.24, 2.45) is 28.7 Å². The van der Waals surface area contributed by atoms with Crippen molar-refractivity contribution >= 4 is 0 Å². The molecule has 19 atom stereocenters. The number of hydrogen-bond acceptors (Lipinski definition) is 19. The molecule has 1 saturated carbocycles. The van der Waals surface area contributed by atoms with Gasteiger partial charge >= 0.3 is 0 Å². The van der Waals surface area contributed by atoms with Crippen molar-refractivity contribution in [1.29, 1.82) is 0 Å². The Morgan fingerprint density at radius 2 is 1.13 bits per heavy atom. The second kappa shape index (κ2) is 16.1. The Bertz CT molecular complexity index is 914. The highest BCUT2D eigenvalue weighted by molar-refractivity contribution is 5.02. The van der Waals surface area contributed by atoms with E-state index in [2.05, 4.69) is 0 Å². The Labute approximate surface area is 260 Å². The number of ether oxygens (including phenoxy) is 7. The molecule has 1 aliphatic carbocycles. The fraction of sp³-hybridized carbons (Fsp3) is 1.00. The molecule has 0 amide bonds. The zero-order valence-electron chi connectivity index (χ0n) is 25.1. The topological polar surface area (TPSA) is 336 Å². The first kappa shape index (κ1) is 37.1. The molecule has 4 aliphatic rings. The van der Waals surface area contributed by atoms with Gasteiger partial charge < -0.3 is 97.6 Å². The van der Waals surface area contributed by atoms with E-state index >= 15 is 0 Å². The summed E-state index contributed by atoms with van der Waals surface area (Å²) in [5.74, 6) is 0. The summed E-state index contributed by atoms with van der Waals surface area (Å²) in [6.45, 7) is 0.857. The van der Waals surface area contributed by atoms with E-state index in [-0.39, 0.29) is 13.0 Å². The van der Waals surface area contributed by atoms with Gasteiger partial charge in [0.1, 0.15) is 67.1 Å². The summed E-state index contributed by atoms with van der Waals surface area (Å²) in [6.07, 6.45) is -18.5. The molecule has 19 nitrogen and oxygen atoms in total. The first-order valence-electron chi connectivity index (χ1n) is 15.3. The summed E-state index contributed by atoms with van der Waals surface area (Å²) in [7, 11) is 0. The summed E-state index contributed by atoms with van der Waals surface area (Å²) in [6, 6.07) is -4.11. The van der Waals surface area contributed by atoms with Crippen molar-refractivity contribution in [2.75, 3.05) is 26.4 Å². The molecule has 3 aliphatic heterocycles. The van der Waals surface area contributed by atoms with Crippen LogP contribution in [-0.4, -0.2) is 178 Å². The molecule has 45 heavy (non-hydrogen) atoms. The SMILES string of the molecule is CCCO[C@H]1[C@H](O)[C@@H](N)[C@@H](O[C@H]2[C@H](O[C@@H]3O[C@H](CO)[C@@H](O[C@H]4O[C@@H](CN)[C@@H](O)[C@H](O)[C@H]4N)[C@H]3O)[C@@H](O)[C@H](N)C[C@@H]2N)O[C@@H]1CO. The predicted molar refractivity (Wildman–Crippen MR) is 150 cm³/mol. The Morgan fingerprint density at radius 3 is 1.73 bits per heavy atom. The van der Waals surface area contributed by atoms with Crippen molar-refractivity contribution in [1.82, 2.24) is 0 Å². The molecule has 0 bridgehead atoms. The normalized spacial score (nSPS) is 51.0. The largest absolute Gasteiger partial charge is 0.394 e. The summed E-state index contributed by atoms with van der Waals surface area (Å²) >= 11 is 0. The van der Waals surface area contributed by atoms with E-state index in [1.807, 2.05) is 6.92 Å². The first-order valence-corrected chi connectivity index (χ1v) is 15.3. The third kappa shape index (κ3) is 7.78. The van der Waals surface area contributed by atoms with Crippen molar-refractivity contribution in [3.8, 4) is 0 Å². The van der Waals surface area contributed by atoms with Crippen LogP contribution >= 0.6 is 0 Å². The van der Waals surface area contributed by atoms with Crippen LogP contribution in [0.4, 0.5) is 0 Å². The van der Waals surface area contributed by atoms with Gasteiger partial charge in [-0.05, 0) is 12.8 Å². The van der Waals surface area contributed by atoms with E-state index < -0.39 is 129 Å². The molecule has 17 N–H and O–H groups in total. The molecule has 0 aromatic carbocycles. The zero-order chi connectivity index (χ0) is 33.2. The monoisotopic (exact) mass is 657 g/mol. The van der Waals surface area contributed by atoms with Gasteiger partial charge in [0, 0.05) is 25.2 Å². The van der Waals surface area contributed by atoms with Crippen LogP contribution in [0.25, 0.3) is 0 Å². The van der Waals surface area contributed by atoms with E-state index in [1.54, 1.807) is 0 Å². The molecule has 0 spiro atoms. The minimum absolute atomic E-state index is 0.0916.